The Balaban J connectivity index is 2.43. The van der Waals surface area contributed by atoms with E-state index in [2.05, 4.69) is 20.7 Å². The lowest BCUT2D eigenvalue weighted by molar-refractivity contribution is -0.0377. The summed E-state index contributed by atoms with van der Waals surface area (Å²) in [5.41, 5.74) is 1.35. The second-order valence-corrected chi connectivity index (χ2v) is 6.17. The molecule has 4 nitrogen and oxygen atoms in total. The zero-order chi connectivity index (χ0) is 15.2. The van der Waals surface area contributed by atoms with E-state index in [1.807, 2.05) is 26.8 Å². The van der Waals surface area contributed by atoms with Gasteiger partial charge in [-0.1, -0.05) is 22.0 Å². The van der Waals surface area contributed by atoms with Crippen LogP contribution in [-0.2, 0) is 20.8 Å². The quantitative estimate of drug-likeness (QED) is 0.584. The molecule has 0 aromatic heterocycles. The van der Waals surface area contributed by atoms with Gasteiger partial charge in [-0.2, -0.15) is 0 Å². The van der Waals surface area contributed by atoms with Gasteiger partial charge in [0.1, 0.15) is 0 Å². The maximum atomic E-state index is 11.4. The number of halogens is 1. The van der Waals surface area contributed by atoms with Crippen LogP contribution in [0.1, 0.15) is 36.7 Å². The highest BCUT2D eigenvalue weighted by Crippen LogP contribution is 2.20. The Morgan fingerprint density at radius 1 is 1.25 bits per heavy atom. The van der Waals surface area contributed by atoms with E-state index in [4.69, 9.17) is 9.47 Å². The van der Waals surface area contributed by atoms with Crippen LogP contribution in [-0.4, -0.2) is 31.9 Å². The Morgan fingerprint density at radius 2 is 1.95 bits per heavy atom. The van der Waals surface area contributed by atoms with Crippen LogP contribution >= 0.6 is 15.9 Å². The maximum absolute atomic E-state index is 11.4. The van der Waals surface area contributed by atoms with Gasteiger partial charge in [-0.25, -0.2) is 4.79 Å². The molecule has 0 aliphatic rings. The zero-order valence-corrected chi connectivity index (χ0v) is 14.0. The summed E-state index contributed by atoms with van der Waals surface area (Å²) < 4.78 is 16.6. The second kappa shape index (κ2) is 7.76. The molecule has 1 aromatic carbocycles. The summed E-state index contributed by atoms with van der Waals surface area (Å²) in [5, 5.41) is 0. The Kier molecular flexibility index (Phi) is 6.65. The van der Waals surface area contributed by atoms with Gasteiger partial charge in [0.2, 0.25) is 0 Å². The average molecular weight is 345 g/mol. The molecule has 0 aliphatic heterocycles. The second-order valence-electron chi connectivity index (χ2n) is 5.31. The Labute approximate surface area is 128 Å². The first-order valence-electron chi connectivity index (χ1n) is 6.42. The monoisotopic (exact) mass is 344 g/mol. The van der Waals surface area contributed by atoms with Gasteiger partial charge in [-0.15, -0.1) is 0 Å². The molecule has 1 aromatic rings. The lowest BCUT2D eigenvalue weighted by atomic mass is 10.1. The van der Waals surface area contributed by atoms with Crippen molar-refractivity contribution >= 4 is 21.9 Å². The SMILES string of the molecule is COC(=O)c1ccc(COCCOC(C)(C)C)c(Br)c1. The summed E-state index contributed by atoms with van der Waals surface area (Å²) >= 11 is 3.43. The van der Waals surface area contributed by atoms with Crippen molar-refractivity contribution in [2.24, 2.45) is 0 Å². The largest absolute Gasteiger partial charge is 0.465 e. The smallest absolute Gasteiger partial charge is 0.337 e. The highest BCUT2D eigenvalue weighted by Gasteiger charge is 2.10. The molecule has 0 radical (unpaired) electrons. The van der Waals surface area contributed by atoms with Gasteiger partial charge in [0.25, 0.3) is 0 Å². The van der Waals surface area contributed by atoms with Crippen LogP contribution in [0, 0.1) is 0 Å². The number of carbonyl (C=O) groups is 1. The summed E-state index contributed by atoms with van der Waals surface area (Å²) in [6.45, 7) is 7.58. The van der Waals surface area contributed by atoms with E-state index in [1.54, 1.807) is 12.1 Å². The third-order valence-electron chi connectivity index (χ3n) is 2.49. The minimum Gasteiger partial charge on any atom is -0.465 e. The van der Waals surface area contributed by atoms with E-state index in [1.165, 1.54) is 7.11 Å². The fourth-order valence-electron chi connectivity index (χ4n) is 1.50. The van der Waals surface area contributed by atoms with Crippen LogP contribution in [0.4, 0.5) is 0 Å². The summed E-state index contributed by atoms with van der Waals surface area (Å²) in [6, 6.07) is 5.30. The van der Waals surface area contributed by atoms with Crippen LogP contribution in [0.2, 0.25) is 0 Å². The van der Waals surface area contributed by atoms with E-state index in [0.29, 0.717) is 25.4 Å². The topological polar surface area (TPSA) is 44.8 Å². The van der Waals surface area contributed by atoms with E-state index >= 15 is 0 Å². The normalized spacial score (nSPS) is 11.4. The molecule has 1 rings (SSSR count). The molecule has 0 N–H and O–H groups in total. The van der Waals surface area contributed by atoms with Gasteiger partial charge in [0.15, 0.2) is 0 Å². The predicted molar refractivity (Wildman–Crippen MR) is 80.8 cm³/mol. The number of benzene rings is 1. The number of esters is 1. The number of hydrogen-bond acceptors (Lipinski definition) is 4. The molecule has 0 saturated carbocycles. The molecule has 0 bridgehead atoms. The fraction of sp³-hybridized carbons (Fsp3) is 0.533. The van der Waals surface area contributed by atoms with Gasteiger partial charge in [0, 0.05) is 4.47 Å². The Morgan fingerprint density at radius 3 is 2.50 bits per heavy atom. The lowest BCUT2D eigenvalue weighted by Crippen LogP contribution is -2.21. The maximum Gasteiger partial charge on any atom is 0.337 e. The van der Waals surface area contributed by atoms with Crippen LogP contribution in [0.15, 0.2) is 22.7 Å². The van der Waals surface area contributed by atoms with Gasteiger partial charge < -0.3 is 14.2 Å². The lowest BCUT2D eigenvalue weighted by Gasteiger charge is -2.19. The first-order valence-corrected chi connectivity index (χ1v) is 7.21. The molecular weight excluding hydrogens is 324 g/mol. The predicted octanol–water partition coefficient (Wildman–Crippen LogP) is 3.57. The molecule has 0 atom stereocenters. The van der Waals surface area contributed by atoms with Gasteiger partial charge in [-0.05, 0) is 38.5 Å². The van der Waals surface area contributed by atoms with Crippen LogP contribution in [0.3, 0.4) is 0 Å². The molecular formula is C15H21BrO4. The Bertz CT molecular complexity index is 452. The third-order valence-corrected chi connectivity index (χ3v) is 3.23. The van der Waals surface area contributed by atoms with Gasteiger partial charge >= 0.3 is 5.97 Å². The highest BCUT2D eigenvalue weighted by atomic mass is 79.9. The molecule has 5 heteroatoms. The Hall–Kier alpha value is -0.910. The van der Waals surface area contributed by atoms with Crippen molar-refractivity contribution in [2.75, 3.05) is 20.3 Å². The first-order chi connectivity index (χ1) is 9.33. The summed E-state index contributed by atoms with van der Waals surface area (Å²) in [6.07, 6.45) is 0. The van der Waals surface area contributed by atoms with E-state index < -0.39 is 0 Å². The van der Waals surface area contributed by atoms with E-state index in [9.17, 15) is 4.79 Å². The highest BCUT2D eigenvalue weighted by molar-refractivity contribution is 9.10. The minimum atomic E-state index is -0.350. The molecule has 0 saturated heterocycles. The summed E-state index contributed by atoms with van der Waals surface area (Å²) in [4.78, 5) is 11.4. The van der Waals surface area contributed by atoms with Crippen molar-refractivity contribution in [3.63, 3.8) is 0 Å². The molecule has 0 aliphatic carbocycles. The van der Waals surface area contributed by atoms with Crippen LogP contribution in [0.5, 0.6) is 0 Å². The number of hydrogen-bond donors (Lipinski definition) is 0. The minimum absolute atomic E-state index is 0.147. The number of carbonyl (C=O) groups excluding carboxylic acids is 1. The van der Waals surface area contributed by atoms with Gasteiger partial charge in [0.05, 0.1) is 38.1 Å². The van der Waals surface area contributed by atoms with Crippen molar-refractivity contribution in [3.8, 4) is 0 Å². The molecule has 0 fully saturated rings. The zero-order valence-electron chi connectivity index (χ0n) is 12.4. The molecule has 0 unspecified atom stereocenters. The molecule has 112 valence electrons. The van der Waals surface area contributed by atoms with E-state index in [0.717, 1.165) is 10.0 Å². The third kappa shape index (κ3) is 6.03. The van der Waals surface area contributed by atoms with Crippen molar-refractivity contribution in [2.45, 2.75) is 33.0 Å². The van der Waals surface area contributed by atoms with Crippen molar-refractivity contribution in [3.05, 3.63) is 33.8 Å². The van der Waals surface area contributed by atoms with Crippen LogP contribution < -0.4 is 0 Å². The van der Waals surface area contributed by atoms with Crippen molar-refractivity contribution < 1.29 is 19.0 Å². The molecule has 20 heavy (non-hydrogen) atoms. The fourth-order valence-corrected chi connectivity index (χ4v) is 1.99. The number of methoxy groups -OCH3 is 1. The number of ether oxygens (including phenoxy) is 3. The summed E-state index contributed by atoms with van der Waals surface area (Å²) in [7, 11) is 1.36. The average Bonchev–Trinajstić information content (AvgIpc) is 2.37. The van der Waals surface area contributed by atoms with Crippen LogP contribution in [0.25, 0.3) is 0 Å². The number of rotatable bonds is 6. The van der Waals surface area contributed by atoms with Crippen molar-refractivity contribution in [1.82, 2.24) is 0 Å². The standard InChI is InChI=1S/C15H21BrO4/c1-15(2,3)20-8-7-19-10-12-6-5-11(9-13(12)16)14(17)18-4/h5-6,9H,7-8,10H2,1-4H3. The molecule has 0 heterocycles. The van der Waals surface area contributed by atoms with Gasteiger partial charge in [-0.3, -0.25) is 0 Å². The van der Waals surface area contributed by atoms with E-state index in [-0.39, 0.29) is 11.6 Å². The molecule has 0 spiro atoms. The summed E-state index contributed by atoms with van der Waals surface area (Å²) in [5.74, 6) is -0.350. The first kappa shape index (κ1) is 17.1. The van der Waals surface area contributed by atoms with Crippen molar-refractivity contribution in [1.29, 1.82) is 0 Å². The molecule has 0 amide bonds.